The van der Waals surface area contributed by atoms with E-state index in [-0.39, 0.29) is 5.91 Å². The Morgan fingerprint density at radius 2 is 2.22 bits per heavy atom. The lowest BCUT2D eigenvalue weighted by Crippen LogP contribution is -2.36. The monoisotopic (exact) mass is 247 g/mol. The zero-order valence-electron chi connectivity index (χ0n) is 10.9. The van der Waals surface area contributed by atoms with Crippen molar-refractivity contribution in [2.45, 2.75) is 25.8 Å². The Labute approximate surface area is 108 Å². The molecule has 0 unspecified atom stereocenters. The van der Waals surface area contributed by atoms with Gasteiger partial charge >= 0.3 is 0 Å². The van der Waals surface area contributed by atoms with E-state index in [1.165, 1.54) is 11.1 Å². The largest absolute Gasteiger partial charge is 0.330 e. The van der Waals surface area contributed by atoms with Crippen LogP contribution in [0.25, 0.3) is 0 Å². The normalized spacial score (nSPS) is 14.8. The summed E-state index contributed by atoms with van der Waals surface area (Å²) in [4.78, 5) is 13.8. The molecule has 1 aromatic carbocycles. The van der Waals surface area contributed by atoms with Crippen LogP contribution in [0.2, 0.25) is 0 Å². The first kappa shape index (κ1) is 13.1. The van der Waals surface area contributed by atoms with Gasteiger partial charge in [-0.05, 0) is 43.6 Å². The zero-order chi connectivity index (χ0) is 13.0. The summed E-state index contributed by atoms with van der Waals surface area (Å²) in [6.07, 6.45) is 2.31. The maximum atomic E-state index is 11.9. The lowest BCUT2D eigenvalue weighted by atomic mass is 9.98. The topological polar surface area (TPSA) is 58.4 Å². The lowest BCUT2D eigenvalue weighted by Gasteiger charge is -2.29. The summed E-state index contributed by atoms with van der Waals surface area (Å²) in [5, 5.41) is 3.15. The lowest BCUT2D eigenvalue weighted by molar-refractivity contribution is -0.118. The van der Waals surface area contributed by atoms with Crippen LogP contribution in [0.3, 0.4) is 0 Å². The van der Waals surface area contributed by atoms with Gasteiger partial charge in [-0.15, -0.1) is 0 Å². The van der Waals surface area contributed by atoms with Crippen LogP contribution in [0.5, 0.6) is 0 Å². The van der Waals surface area contributed by atoms with Crippen LogP contribution in [0, 0.1) is 0 Å². The highest BCUT2D eigenvalue weighted by Gasteiger charge is 2.23. The van der Waals surface area contributed by atoms with Gasteiger partial charge in [-0.2, -0.15) is 0 Å². The SMILES string of the molecule is CNCc1ccc2c(c1)CCC(=O)N2CCCN. The van der Waals surface area contributed by atoms with E-state index in [2.05, 4.69) is 23.5 Å². The molecule has 1 amide bonds. The molecule has 0 spiro atoms. The van der Waals surface area contributed by atoms with Crippen molar-refractivity contribution in [1.29, 1.82) is 0 Å². The van der Waals surface area contributed by atoms with Crippen molar-refractivity contribution < 1.29 is 4.79 Å². The second-order valence-electron chi connectivity index (χ2n) is 4.68. The van der Waals surface area contributed by atoms with Gasteiger partial charge in [0.2, 0.25) is 5.91 Å². The van der Waals surface area contributed by atoms with Gasteiger partial charge in [0.25, 0.3) is 0 Å². The predicted molar refractivity (Wildman–Crippen MR) is 73.6 cm³/mol. The summed E-state index contributed by atoms with van der Waals surface area (Å²) >= 11 is 0. The number of carbonyl (C=O) groups excluding carboxylic acids is 1. The molecule has 0 aromatic heterocycles. The summed E-state index contributed by atoms with van der Waals surface area (Å²) in [6, 6.07) is 6.35. The summed E-state index contributed by atoms with van der Waals surface area (Å²) in [7, 11) is 1.94. The molecule has 0 atom stereocenters. The van der Waals surface area contributed by atoms with Crippen LogP contribution in [0.15, 0.2) is 18.2 Å². The smallest absolute Gasteiger partial charge is 0.227 e. The Hall–Kier alpha value is -1.39. The first-order valence-electron chi connectivity index (χ1n) is 6.53. The van der Waals surface area contributed by atoms with Crippen molar-refractivity contribution in [1.82, 2.24) is 5.32 Å². The van der Waals surface area contributed by atoms with E-state index in [1.807, 2.05) is 11.9 Å². The molecule has 0 radical (unpaired) electrons. The number of rotatable bonds is 5. The standard InChI is InChI=1S/C14H21N3O/c1-16-10-11-3-5-13-12(9-11)4-6-14(18)17(13)8-2-7-15/h3,5,9,16H,2,4,6-8,10,15H2,1H3. The van der Waals surface area contributed by atoms with Gasteiger partial charge in [0.1, 0.15) is 0 Å². The van der Waals surface area contributed by atoms with E-state index in [4.69, 9.17) is 5.73 Å². The van der Waals surface area contributed by atoms with Crippen LogP contribution >= 0.6 is 0 Å². The van der Waals surface area contributed by atoms with Crippen molar-refractivity contribution in [2.24, 2.45) is 5.73 Å². The van der Waals surface area contributed by atoms with Gasteiger partial charge in [0, 0.05) is 25.2 Å². The second-order valence-corrected chi connectivity index (χ2v) is 4.68. The van der Waals surface area contributed by atoms with E-state index < -0.39 is 0 Å². The fourth-order valence-corrected chi connectivity index (χ4v) is 2.42. The molecule has 4 heteroatoms. The summed E-state index contributed by atoms with van der Waals surface area (Å²) in [5.41, 5.74) is 9.14. The van der Waals surface area contributed by atoms with Gasteiger partial charge in [0.15, 0.2) is 0 Å². The third kappa shape index (κ3) is 2.71. The number of fused-ring (bicyclic) bond motifs is 1. The molecule has 98 valence electrons. The maximum absolute atomic E-state index is 11.9. The van der Waals surface area contributed by atoms with Crippen LogP contribution in [0.4, 0.5) is 5.69 Å². The molecule has 18 heavy (non-hydrogen) atoms. The molecule has 2 rings (SSSR count). The Morgan fingerprint density at radius 3 is 2.94 bits per heavy atom. The van der Waals surface area contributed by atoms with Gasteiger partial charge in [-0.3, -0.25) is 4.79 Å². The molecule has 1 aliphatic rings. The fourth-order valence-electron chi connectivity index (χ4n) is 2.42. The number of nitrogens with one attached hydrogen (secondary N) is 1. The van der Waals surface area contributed by atoms with E-state index in [0.717, 1.165) is 31.6 Å². The number of aryl methyl sites for hydroxylation is 1. The number of nitrogens with zero attached hydrogens (tertiary/aromatic N) is 1. The first-order chi connectivity index (χ1) is 8.76. The molecule has 4 nitrogen and oxygen atoms in total. The molecule has 0 aliphatic carbocycles. The number of benzene rings is 1. The Morgan fingerprint density at radius 1 is 1.39 bits per heavy atom. The van der Waals surface area contributed by atoms with E-state index in [1.54, 1.807) is 0 Å². The summed E-state index contributed by atoms with van der Waals surface area (Å²) in [5.74, 6) is 0.220. The van der Waals surface area contributed by atoms with Crippen LogP contribution in [-0.4, -0.2) is 26.0 Å². The third-order valence-electron chi connectivity index (χ3n) is 3.31. The van der Waals surface area contributed by atoms with Crippen molar-refractivity contribution in [2.75, 3.05) is 25.0 Å². The van der Waals surface area contributed by atoms with Crippen molar-refractivity contribution in [3.8, 4) is 0 Å². The molecule has 0 saturated carbocycles. The molecule has 0 saturated heterocycles. The number of hydrogen-bond acceptors (Lipinski definition) is 3. The molecule has 0 bridgehead atoms. The van der Waals surface area contributed by atoms with Gasteiger partial charge < -0.3 is 16.0 Å². The minimum absolute atomic E-state index is 0.220. The molecular weight excluding hydrogens is 226 g/mol. The minimum Gasteiger partial charge on any atom is -0.330 e. The Balaban J connectivity index is 2.24. The van der Waals surface area contributed by atoms with Gasteiger partial charge in [-0.25, -0.2) is 0 Å². The summed E-state index contributed by atoms with van der Waals surface area (Å²) < 4.78 is 0. The van der Waals surface area contributed by atoms with E-state index in [9.17, 15) is 4.79 Å². The molecular formula is C14H21N3O. The average molecular weight is 247 g/mol. The highest BCUT2D eigenvalue weighted by atomic mass is 16.2. The number of nitrogens with two attached hydrogens (primary N) is 1. The fraction of sp³-hybridized carbons (Fsp3) is 0.500. The average Bonchev–Trinajstić information content (AvgIpc) is 2.38. The number of hydrogen-bond donors (Lipinski definition) is 2. The van der Waals surface area contributed by atoms with Gasteiger partial charge in [0.05, 0.1) is 0 Å². The Bertz CT molecular complexity index is 431. The van der Waals surface area contributed by atoms with Crippen molar-refractivity contribution in [3.63, 3.8) is 0 Å². The Kier molecular flexibility index (Phi) is 4.33. The maximum Gasteiger partial charge on any atom is 0.227 e. The van der Waals surface area contributed by atoms with Gasteiger partial charge in [-0.1, -0.05) is 12.1 Å². The first-order valence-corrected chi connectivity index (χ1v) is 6.53. The highest BCUT2D eigenvalue weighted by molar-refractivity contribution is 5.96. The molecule has 1 aromatic rings. The minimum atomic E-state index is 0.220. The van der Waals surface area contributed by atoms with Crippen LogP contribution in [0.1, 0.15) is 24.0 Å². The van der Waals surface area contributed by atoms with Crippen LogP contribution < -0.4 is 16.0 Å². The second kappa shape index (κ2) is 5.98. The van der Waals surface area contributed by atoms with Crippen molar-refractivity contribution in [3.05, 3.63) is 29.3 Å². The molecule has 3 N–H and O–H groups in total. The zero-order valence-corrected chi connectivity index (χ0v) is 10.9. The summed E-state index contributed by atoms with van der Waals surface area (Å²) in [6.45, 7) is 2.22. The van der Waals surface area contributed by atoms with Crippen molar-refractivity contribution >= 4 is 11.6 Å². The van der Waals surface area contributed by atoms with E-state index >= 15 is 0 Å². The number of amides is 1. The molecule has 0 fully saturated rings. The quantitative estimate of drug-likeness (QED) is 0.817. The highest BCUT2D eigenvalue weighted by Crippen LogP contribution is 2.28. The van der Waals surface area contributed by atoms with E-state index in [0.29, 0.717) is 13.0 Å². The van der Waals surface area contributed by atoms with Crippen LogP contribution in [-0.2, 0) is 17.8 Å². The number of carbonyl (C=O) groups is 1. The number of anilines is 1. The molecule has 1 heterocycles. The molecule has 1 aliphatic heterocycles. The predicted octanol–water partition coefficient (Wildman–Crippen LogP) is 1.03. The third-order valence-corrected chi connectivity index (χ3v) is 3.31.